The topological polar surface area (TPSA) is 34.1 Å². The van der Waals surface area contributed by atoms with Crippen LogP contribution >= 0.6 is 0 Å². The lowest BCUT2D eigenvalue weighted by Crippen LogP contribution is -2.54. The van der Waals surface area contributed by atoms with E-state index in [9.17, 15) is 9.59 Å². The summed E-state index contributed by atoms with van der Waals surface area (Å²) in [6.07, 6.45) is 9.53. The van der Waals surface area contributed by atoms with Crippen molar-refractivity contribution >= 4 is 11.6 Å². The fraction of sp³-hybridized carbons (Fsp3) is 0.895. The van der Waals surface area contributed by atoms with Gasteiger partial charge in [0, 0.05) is 24.7 Å². The van der Waals surface area contributed by atoms with Gasteiger partial charge in [-0.15, -0.1) is 0 Å². The molecular formula is C19H28O2. The highest BCUT2D eigenvalue weighted by Gasteiger charge is 2.62. The smallest absolute Gasteiger partial charge is 0.139 e. The Kier molecular flexibility index (Phi) is 2.94. The molecule has 4 rings (SSSR count). The predicted molar refractivity (Wildman–Crippen MR) is 81.7 cm³/mol. The average Bonchev–Trinajstić information content (AvgIpc) is 2.75. The second kappa shape index (κ2) is 4.43. The maximum Gasteiger partial charge on any atom is 0.139 e. The van der Waals surface area contributed by atoms with Crippen molar-refractivity contribution in [2.45, 2.75) is 71.6 Å². The summed E-state index contributed by atoms with van der Waals surface area (Å²) < 4.78 is 0. The van der Waals surface area contributed by atoms with Gasteiger partial charge in [-0.05, 0) is 67.6 Å². The molecule has 0 bridgehead atoms. The minimum absolute atomic E-state index is 0.0252. The number of fused-ring (bicyclic) bond motifs is 5. The zero-order valence-corrected chi connectivity index (χ0v) is 13.5. The monoisotopic (exact) mass is 288 g/mol. The molecule has 2 heteroatoms. The van der Waals surface area contributed by atoms with E-state index in [4.69, 9.17) is 0 Å². The molecule has 0 unspecified atom stereocenters. The lowest BCUT2D eigenvalue weighted by Gasteiger charge is -2.60. The van der Waals surface area contributed by atoms with Crippen LogP contribution in [0.25, 0.3) is 0 Å². The van der Waals surface area contributed by atoms with Crippen molar-refractivity contribution in [2.75, 3.05) is 0 Å². The highest BCUT2D eigenvalue weighted by Crippen LogP contribution is 2.66. The molecule has 116 valence electrons. The number of Topliss-reactive ketones (excluding diaryl/α,β-unsaturated/α-hetero) is 2. The number of carbonyl (C=O) groups is 2. The molecule has 0 aromatic heterocycles. The molecule has 0 amide bonds. The molecular weight excluding hydrogens is 260 g/mol. The molecule has 21 heavy (non-hydrogen) atoms. The fourth-order valence-electron chi connectivity index (χ4n) is 7.00. The predicted octanol–water partition coefficient (Wildman–Crippen LogP) is 4.17. The number of ketones is 2. The molecule has 0 N–H and O–H groups in total. The Balaban J connectivity index is 1.66. The molecule has 0 aromatic carbocycles. The molecule has 0 aliphatic heterocycles. The maximum atomic E-state index is 12.4. The van der Waals surface area contributed by atoms with Crippen molar-refractivity contribution in [3.05, 3.63) is 0 Å². The molecule has 4 aliphatic carbocycles. The van der Waals surface area contributed by atoms with Crippen molar-refractivity contribution in [2.24, 2.45) is 34.5 Å². The zero-order valence-electron chi connectivity index (χ0n) is 13.5. The van der Waals surface area contributed by atoms with E-state index in [0.717, 1.165) is 50.4 Å². The largest absolute Gasteiger partial charge is 0.300 e. The SMILES string of the molecule is C[C@@]12CC[C@@H]3CC(=O)CC[C@@H]3[C@H]1CC[C@]1(C)C(=O)CC[C@@H]21. The Morgan fingerprint density at radius 3 is 2.57 bits per heavy atom. The average molecular weight is 288 g/mol. The van der Waals surface area contributed by atoms with Gasteiger partial charge in [-0.2, -0.15) is 0 Å². The lowest BCUT2D eigenvalue weighted by atomic mass is 9.44. The standard InChI is InChI=1S/C19H28O2/c1-18-9-7-12-11-13(20)3-4-14(12)15(18)8-10-19(2)16(18)5-6-17(19)21/h12,14-16H,3-11H2,1-2H3/t12-,14+,15-,16+,18-,19+/m1/s1. The van der Waals surface area contributed by atoms with Crippen LogP contribution in [0.2, 0.25) is 0 Å². The molecule has 6 atom stereocenters. The highest BCUT2D eigenvalue weighted by molar-refractivity contribution is 5.87. The van der Waals surface area contributed by atoms with Crippen LogP contribution in [0.15, 0.2) is 0 Å². The van der Waals surface area contributed by atoms with Crippen LogP contribution in [0.1, 0.15) is 71.6 Å². The van der Waals surface area contributed by atoms with E-state index in [1.807, 2.05) is 0 Å². The molecule has 0 radical (unpaired) electrons. The van der Waals surface area contributed by atoms with Gasteiger partial charge in [0.05, 0.1) is 0 Å². The normalized spacial score (nSPS) is 53.0. The third-order valence-corrected chi connectivity index (χ3v) is 8.11. The molecule has 0 heterocycles. The van der Waals surface area contributed by atoms with Crippen molar-refractivity contribution < 1.29 is 9.59 Å². The quantitative estimate of drug-likeness (QED) is 0.670. The summed E-state index contributed by atoms with van der Waals surface area (Å²) in [5, 5.41) is 0. The summed E-state index contributed by atoms with van der Waals surface area (Å²) in [6.45, 7) is 4.75. The van der Waals surface area contributed by atoms with Gasteiger partial charge >= 0.3 is 0 Å². The van der Waals surface area contributed by atoms with Crippen LogP contribution < -0.4 is 0 Å². The number of carbonyl (C=O) groups excluding carboxylic acids is 2. The van der Waals surface area contributed by atoms with Crippen LogP contribution in [-0.4, -0.2) is 11.6 Å². The van der Waals surface area contributed by atoms with Gasteiger partial charge in [0.2, 0.25) is 0 Å². The van der Waals surface area contributed by atoms with Crippen molar-refractivity contribution in [1.82, 2.24) is 0 Å². The van der Waals surface area contributed by atoms with E-state index in [1.54, 1.807) is 0 Å². The molecule has 4 aliphatic rings. The van der Waals surface area contributed by atoms with Crippen LogP contribution in [0.4, 0.5) is 0 Å². The minimum Gasteiger partial charge on any atom is -0.300 e. The van der Waals surface area contributed by atoms with E-state index < -0.39 is 0 Å². The van der Waals surface area contributed by atoms with E-state index in [0.29, 0.717) is 28.8 Å². The first-order valence-corrected chi connectivity index (χ1v) is 9.00. The van der Waals surface area contributed by atoms with Gasteiger partial charge in [0.1, 0.15) is 11.6 Å². The van der Waals surface area contributed by atoms with Crippen molar-refractivity contribution in [1.29, 1.82) is 0 Å². The second-order valence-electron chi connectivity index (χ2n) is 8.83. The Morgan fingerprint density at radius 2 is 1.76 bits per heavy atom. The molecule has 0 spiro atoms. The van der Waals surface area contributed by atoms with Crippen LogP contribution in [0.5, 0.6) is 0 Å². The van der Waals surface area contributed by atoms with Crippen LogP contribution in [-0.2, 0) is 9.59 Å². The third kappa shape index (κ3) is 1.77. The Bertz CT molecular complexity index is 496. The Morgan fingerprint density at radius 1 is 0.952 bits per heavy atom. The number of hydrogen-bond donors (Lipinski definition) is 0. The zero-order chi connectivity index (χ0) is 14.8. The summed E-state index contributed by atoms with van der Waals surface area (Å²) in [5.41, 5.74) is 0.337. The van der Waals surface area contributed by atoms with Crippen LogP contribution in [0.3, 0.4) is 0 Å². The van der Waals surface area contributed by atoms with Gasteiger partial charge in [0.25, 0.3) is 0 Å². The lowest BCUT2D eigenvalue weighted by molar-refractivity contribution is -0.147. The number of hydrogen-bond acceptors (Lipinski definition) is 2. The Labute approximate surface area is 128 Å². The maximum absolute atomic E-state index is 12.4. The Hall–Kier alpha value is -0.660. The molecule has 2 nitrogen and oxygen atoms in total. The van der Waals surface area contributed by atoms with E-state index in [-0.39, 0.29) is 5.41 Å². The minimum atomic E-state index is -0.0252. The summed E-state index contributed by atoms with van der Waals surface area (Å²) in [7, 11) is 0. The first-order valence-electron chi connectivity index (χ1n) is 9.00. The van der Waals surface area contributed by atoms with Gasteiger partial charge in [0.15, 0.2) is 0 Å². The summed E-state index contributed by atoms with van der Waals surface area (Å²) >= 11 is 0. The first-order chi connectivity index (χ1) is 9.95. The highest BCUT2D eigenvalue weighted by atomic mass is 16.1. The summed E-state index contributed by atoms with van der Waals surface area (Å²) in [5.74, 6) is 3.83. The third-order valence-electron chi connectivity index (χ3n) is 8.11. The first kappa shape index (κ1) is 14.0. The van der Waals surface area contributed by atoms with Crippen molar-refractivity contribution in [3.63, 3.8) is 0 Å². The van der Waals surface area contributed by atoms with E-state index in [1.165, 1.54) is 19.3 Å². The van der Waals surface area contributed by atoms with E-state index >= 15 is 0 Å². The molecule has 4 saturated carbocycles. The van der Waals surface area contributed by atoms with E-state index in [2.05, 4.69) is 13.8 Å². The second-order valence-corrected chi connectivity index (χ2v) is 8.83. The number of rotatable bonds is 0. The summed E-state index contributed by atoms with van der Waals surface area (Å²) in [6, 6.07) is 0. The van der Waals surface area contributed by atoms with Gasteiger partial charge < -0.3 is 0 Å². The van der Waals surface area contributed by atoms with Gasteiger partial charge in [-0.1, -0.05) is 13.8 Å². The molecule has 4 fully saturated rings. The van der Waals surface area contributed by atoms with Crippen molar-refractivity contribution in [3.8, 4) is 0 Å². The van der Waals surface area contributed by atoms with Gasteiger partial charge in [-0.3, -0.25) is 9.59 Å². The van der Waals surface area contributed by atoms with Gasteiger partial charge in [-0.25, -0.2) is 0 Å². The fourth-order valence-corrected chi connectivity index (χ4v) is 7.00. The molecule has 0 saturated heterocycles. The molecule has 0 aromatic rings. The van der Waals surface area contributed by atoms with Crippen LogP contribution in [0, 0.1) is 34.5 Å². The summed E-state index contributed by atoms with van der Waals surface area (Å²) in [4.78, 5) is 24.2.